The molecule has 2 heterocycles. The van der Waals surface area contributed by atoms with E-state index in [-0.39, 0.29) is 60.0 Å². The second-order valence-electron chi connectivity index (χ2n) is 8.09. The lowest BCUT2D eigenvalue weighted by Gasteiger charge is -2.39. The lowest BCUT2D eigenvalue weighted by atomic mass is 10.0. The van der Waals surface area contributed by atoms with E-state index >= 15 is 0 Å². The fourth-order valence-electron chi connectivity index (χ4n) is 3.77. The van der Waals surface area contributed by atoms with Gasteiger partial charge >= 0.3 is 6.18 Å². The smallest absolute Gasteiger partial charge is 0.397 e. The number of amides is 1. The first-order chi connectivity index (χ1) is 16.4. The van der Waals surface area contributed by atoms with Crippen molar-refractivity contribution >= 4 is 23.2 Å². The van der Waals surface area contributed by atoms with Crippen LogP contribution < -0.4 is 11.5 Å². The van der Waals surface area contributed by atoms with Crippen LogP contribution >= 0.6 is 11.6 Å². The normalized spacial score (nSPS) is 16.9. The Labute approximate surface area is 202 Å². The molecule has 6 nitrogen and oxygen atoms in total. The molecule has 1 saturated heterocycles. The molecule has 1 aromatic heterocycles. The molecular formula is C22H22ClF6N5O. The highest BCUT2D eigenvalue weighted by Crippen LogP contribution is 2.29. The minimum atomic E-state index is -4.52. The number of rotatable bonds is 6. The monoisotopic (exact) mass is 521 g/mol. The van der Waals surface area contributed by atoms with E-state index < -0.39 is 42.1 Å². The summed E-state index contributed by atoms with van der Waals surface area (Å²) in [5.74, 6) is -4.11. The molecule has 1 aliphatic heterocycles. The summed E-state index contributed by atoms with van der Waals surface area (Å²) < 4.78 is 79.9. The number of carbonyl (C=O) groups is 1. The molecule has 4 N–H and O–H groups in total. The zero-order valence-corrected chi connectivity index (χ0v) is 19.0. The van der Waals surface area contributed by atoms with E-state index in [1.54, 1.807) is 0 Å². The molecule has 13 heteroatoms. The summed E-state index contributed by atoms with van der Waals surface area (Å²) in [5.41, 5.74) is 12.2. The second kappa shape index (κ2) is 10.7. The van der Waals surface area contributed by atoms with E-state index in [4.69, 9.17) is 23.1 Å². The van der Waals surface area contributed by atoms with Crippen LogP contribution in [0.1, 0.15) is 17.5 Å². The Bertz CT molecular complexity index is 1130. The van der Waals surface area contributed by atoms with Crippen molar-refractivity contribution in [3.8, 4) is 0 Å². The first-order valence-corrected chi connectivity index (χ1v) is 10.8. The number of piperazine rings is 1. The fourth-order valence-corrected chi connectivity index (χ4v) is 3.99. The molecule has 1 fully saturated rings. The molecule has 3 rings (SSSR count). The van der Waals surface area contributed by atoms with Crippen LogP contribution in [0.3, 0.4) is 0 Å². The van der Waals surface area contributed by atoms with Crippen molar-refractivity contribution in [1.82, 2.24) is 14.8 Å². The fraction of sp³-hybridized carbons (Fsp3) is 0.364. The summed E-state index contributed by atoms with van der Waals surface area (Å²) >= 11 is 6.10. The molecule has 1 aliphatic rings. The maximum absolute atomic E-state index is 13.9. The van der Waals surface area contributed by atoms with E-state index in [0.717, 1.165) is 4.90 Å². The van der Waals surface area contributed by atoms with Gasteiger partial charge in [-0.05, 0) is 24.1 Å². The van der Waals surface area contributed by atoms with Crippen LogP contribution in [0.25, 0.3) is 5.70 Å². The molecule has 1 amide bonds. The van der Waals surface area contributed by atoms with Crippen molar-refractivity contribution < 1.29 is 31.1 Å². The number of carbonyl (C=O) groups excluding carboxylic acids is 1. The van der Waals surface area contributed by atoms with Crippen molar-refractivity contribution in [1.29, 1.82) is 0 Å². The molecule has 1 aromatic carbocycles. The van der Waals surface area contributed by atoms with Gasteiger partial charge in [0.05, 0.1) is 23.0 Å². The number of halogens is 7. The topological polar surface area (TPSA) is 88.5 Å². The zero-order valence-electron chi connectivity index (χ0n) is 18.3. The second-order valence-corrected chi connectivity index (χ2v) is 8.50. The van der Waals surface area contributed by atoms with E-state index in [1.807, 2.05) is 0 Å². The van der Waals surface area contributed by atoms with Crippen molar-refractivity contribution in [2.45, 2.75) is 25.1 Å². The van der Waals surface area contributed by atoms with Crippen molar-refractivity contribution in [3.63, 3.8) is 0 Å². The molecule has 0 aliphatic carbocycles. The molecule has 1 unspecified atom stereocenters. The van der Waals surface area contributed by atoms with Crippen molar-refractivity contribution in [2.24, 2.45) is 11.5 Å². The minimum absolute atomic E-state index is 0.0349. The SMILES string of the molecule is N/C(=C1/CN(C(=O)CC(N)Cc2cc(F)c(F)cc2F)CCN1CC(F)(F)F)c1ccncc1Cl. The third-order valence-electron chi connectivity index (χ3n) is 5.47. The number of aromatic nitrogens is 1. The van der Waals surface area contributed by atoms with E-state index in [1.165, 1.54) is 23.4 Å². The average Bonchev–Trinajstić information content (AvgIpc) is 2.76. The quantitative estimate of drug-likeness (QED) is 0.449. The summed E-state index contributed by atoms with van der Waals surface area (Å²) in [4.78, 5) is 19.0. The zero-order chi connectivity index (χ0) is 25.9. The number of pyridine rings is 1. The highest BCUT2D eigenvalue weighted by Gasteiger charge is 2.36. The number of hydrogen-bond donors (Lipinski definition) is 2. The maximum Gasteiger partial charge on any atom is 0.405 e. The molecule has 0 radical (unpaired) electrons. The average molecular weight is 522 g/mol. The van der Waals surface area contributed by atoms with Gasteiger partial charge in [-0.2, -0.15) is 13.2 Å². The summed E-state index contributed by atoms with van der Waals surface area (Å²) in [6, 6.07) is 1.56. The molecule has 35 heavy (non-hydrogen) atoms. The Balaban J connectivity index is 1.78. The number of nitrogens with two attached hydrogens (primary N) is 2. The van der Waals surface area contributed by atoms with Gasteiger partial charge in [-0.1, -0.05) is 11.6 Å². The molecular weight excluding hydrogens is 500 g/mol. The van der Waals surface area contributed by atoms with Crippen LogP contribution in [0.5, 0.6) is 0 Å². The van der Waals surface area contributed by atoms with Gasteiger partial charge in [-0.15, -0.1) is 0 Å². The van der Waals surface area contributed by atoms with Gasteiger partial charge < -0.3 is 21.3 Å². The van der Waals surface area contributed by atoms with Gasteiger partial charge in [0.2, 0.25) is 5.91 Å². The van der Waals surface area contributed by atoms with Crippen LogP contribution in [0.15, 0.2) is 36.3 Å². The third-order valence-corrected chi connectivity index (χ3v) is 5.77. The van der Waals surface area contributed by atoms with Gasteiger partial charge in [0.15, 0.2) is 11.6 Å². The highest BCUT2D eigenvalue weighted by molar-refractivity contribution is 6.32. The van der Waals surface area contributed by atoms with Crippen molar-refractivity contribution in [3.05, 3.63) is 69.9 Å². The van der Waals surface area contributed by atoms with E-state index in [9.17, 15) is 31.1 Å². The lowest BCUT2D eigenvalue weighted by molar-refractivity contribution is -0.146. The summed E-state index contributed by atoms with van der Waals surface area (Å²) in [6.45, 7) is -1.71. The Hall–Kier alpha value is -2.99. The van der Waals surface area contributed by atoms with Crippen LogP contribution in [0, 0.1) is 17.5 Å². The molecule has 0 bridgehead atoms. The number of nitrogens with zero attached hydrogens (tertiary/aromatic N) is 3. The largest absolute Gasteiger partial charge is 0.405 e. The van der Waals surface area contributed by atoms with Crippen molar-refractivity contribution in [2.75, 3.05) is 26.2 Å². The van der Waals surface area contributed by atoms with Crippen LogP contribution in [0.4, 0.5) is 26.3 Å². The Morgan fingerprint density at radius 1 is 1.14 bits per heavy atom. The number of hydrogen-bond acceptors (Lipinski definition) is 5. The van der Waals surface area contributed by atoms with Gasteiger partial charge in [0.1, 0.15) is 12.4 Å². The van der Waals surface area contributed by atoms with E-state index in [2.05, 4.69) is 4.98 Å². The Morgan fingerprint density at radius 2 is 1.83 bits per heavy atom. The van der Waals surface area contributed by atoms with Crippen LogP contribution in [0.2, 0.25) is 5.02 Å². The predicted molar refractivity (Wildman–Crippen MR) is 117 cm³/mol. The number of alkyl halides is 3. The standard InChI is InChI=1S/C22H22ClF6N5O/c23-15-9-32-2-1-14(15)21(31)19-10-33(3-4-34(19)11-22(27,28)29)20(35)7-13(30)5-12-6-17(25)18(26)8-16(12)24/h1-2,6,8-9,13H,3-5,7,10-11,30-31H2/b21-19-. The molecule has 2 aromatic rings. The summed E-state index contributed by atoms with van der Waals surface area (Å²) in [7, 11) is 0. The van der Waals surface area contributed by atoms with Gasteiger partial charge in [-0.3, -0.25) is 9.78 Å². The first-order valence-electron chi connectivity index (χ1n) is 10.4. The van der Waals surface area contributed by atoms with E-state index in [0.29, 0.717) is 12.1 Å². The molecule has 0 saturated carbocycles. The van der Waals surface area contributed by atoms with Gasteiger partial charge in [0.25, 0.3) is 0 Å². The van der Waals surface area contributed by atoms with Crippen LogP contribution in [-0.2, 0) is 11.2 Å². The molecule has 190 valence electrons. The molecule has 0 spiro atoms. The van der Waals surface area contributed by atoms with Crippen LogP contribution in [-0.4, -0.2) is 59.1 Å². The highest BCUT2D eigenvalue weighted by atomic mass is 35.5. The minimum Gasteiger partial charge on any atom is -0.397 e. The summed E-state index contributed by atoms with van der Waals surface area (Å²) in [5, 5.41) is 0.128. The predicted octanol–water partition coefficient (Wildman–Crippen LogP) is 3.45. The Morgan fingerprint density at radius 3 is 2.49 bits per heavy atom. The Kier molecular flexibility index (Phi) is 8.16. The number of benzene rings is 1. The maximum atomic E-state index is 13.9. The first kappa shape index (κ1) is 26.6. The lowest BCUT2D eigenvalue weighted by Crippen LogP contribution is -2.51. The third kappa shape index (κ3) is 6.79. The summed E-state index contributed by atoms with van der Waals surface area (Å²) in [6.07, 6.45) is -2.40. The van der Waals surface area contributed by atoms with Gasteiger partial charge in [0, 0.05) is 49.6 Å². The van der Waals surface area contributed by atoms with Gasteiger partial charge in [-0.25, -0.2) is 13.2 Å². The molecule has 1 atom stereocenters.